The summed E-state index contributed by atoms with van der Waals surface area (Å²) in [7, 11) is 0. The van der Waals surface area contributed by atoms with Gasteiger partial charge in [-0.2, -0.15) is 0 Å². The first kappa shape index (κ1) is 19.0. The van der Waals surface area contributed by atoms with Crippen LogP contribution in [0.25, 0.3) is 21.2 Å². The molecule has 1 aromatic heterocycles. The van der Waals surface area contributed by atoms with Crippen LogP contribution in [0.3, 0.4) is 0 Å². The number of carboxylic acid groups (broad SMARTS) is 1. The number of carbonyl (C=O) groups is 1. The smallest absolute Gasteiger partial charge is 0.323 e. The molecule has 0 unspecified atom stereocenters. The van der Waals surface area contributed by atoms with Crippen molar-refractivity contribution >= 4 is 27.4 Å². The zero-order chi connectivity index (χ0) is 20.9. The number of nitrogens with two attached hydrogens (primary N) is 1. The Morgan fingerprint density at radius 1 is 0.967 bits per heavy atom. The summed E-state index contributed by atoms with van der Waals surface area (Å²) in [6.45, 7) is 1.73. The zero-order valence-corrected chi connectivity index (χ0v) is 17.2. The van der Waals surface area contributed by atoms with Crippen molar-refractivity contribution in [3.8, 4) is 11.1 Å². The van der Waals surface area contributed by atoms with E-state index in [-0.39, 0.29) is 0 Å². The van der Waals surface area contributed by atoms with Gasteiger partial charge in [0.2, 0.25) is 0 Å². The van der Waals surface area contributed by atoms with Crippen molar-refractivity contribution in [3.63, 3.8) is 0 Å². The highest BCUT2D eigenvalue weighted by atomic mass is 32.1. The Morgan fingerprint density at radius 2 is 1.53 bits per heavy atom. The first-order valence-corrected chi connectivity index (χ1v) is 10.7. The van der Waals surface area contributed by atoms with E-state index >= 15 is 0 Å². The number of hydrogen-bond donors (Lipinski definition) is 2. The average molecular weight is 416 g/mol. The molecule has 1 aliphatic carbocycles. The van der Waals surface area contributed by atoms with Crippen LogP contribution in [0.4, 0.5) is 0 Å². The van der Waals surface area contributed by atoms with Gasteiger partial charge in [0.25, 0.3) is 0 Å². The number of aliphatic carboxylic acids is 1. The lowest BCUT2D eigenvalue weighted by Crippen LogP contribution is -2.46. The normalized spacial score (nSPS) is 16.1. The van der Waals surface area contributed by atoms with E-state index in [0.29, 0.717) is 0 Å². The van der Waals surface area contributed by atoms with E-state index in [9.17, 15) is 9.90 Å². The maximum Gasteiger partial charge on any atom is 0.323 e. The van der Waals surface area contributed by atoms with Gasteiger partial charge in [0.05, 0.1) is 6.10 Å². The van der Waals surface area contributed by atoms with E-state index in [0.717, 1.165) is 37.2 Å². The molecule has 5 rings (SSSR count). The zero-order valence-electron chi connectivity index (χ0n) is 16.4. The monoisotopic (exact) mass is 415 g/mol. The Hall–Kier alpha value is -2.99. The Bertz CT molecular complexity index is 1180. The predicted octanol–water partition coefficient (Wildman–Crippen LogP) is 4.99. The molecule has 0 amide bonds. The Balaban J connectivity index is 1.81. The molecule has 3 N–H and O–H groups in total. The highest BCUT2D eigenvalue weighted by molar-refractivity contribution is 7.19. The summed E-state index contributed by atoms with van der Waals surface area (Å²) in [4.78, 5) is 12.6. The molecule has 0 radical (unpaired) electrons. The fraction of sp³-hybridized carbons (Fsp3) is 0.160. The minimum absolute atomic E-state index is 0.702. The van der Waals surface area contributed by atoms with Crippen molar-refractivity contribution in [2.45, 2.75) is 24.7 Å². The van der Waals surface area contributed by atoms with Gasteiger partial charge < -0.3 is 15.6 Å². The third-order valence-corrected chi connectivity index (χ3v) is 7.05. The lowest BCUT2D eigenvalue weighted by Gasteiger charge is -2.35. The van der Waals surface area contributed by atoms with Crippen molar-refractivity contribution in [3.05, 3.63) is 94.9 Å². The SMILES string of the molecule is C[C@@H](OC1(c2cc3ccccc3s2)c2ccccc2-c2ccccc21)[C@H](N)C(=O)O. The van der Waals surface area contributed by atoms with Crippen molar-refractivity contribution in [2.75, 3.05) is 0 Å². The minimum atomic E-state index is -1.13. The number of benzene rings is 3. The van der Waals surface area contributed by atoms with Crippen molar-refractivity contribution in [1.29, 1.82) is 0 Å². The second-order valence-corrected chi connectivity index (χ2v) is 8.69. The summed E-state index contributed by atoms with van der Waals surface area (Å²) < 4.78 is 7.85. The number of ether oxygens (including phenoxy) is 1. The molecule has 0 saturated heterocycles. The first-order valence-electron chi connectivity index (χ1n) is 9.87. The summed E-state index contributed by atoms with van der Waals surface area (Å²) in [6.07, 6.45) is -0.702. The summed E-state index contributed by atoms with van der Waals surface area (Å²) in [5, 5.41) is 10.6. The van der Waals surface area contributed by atoms with Gasteiger partial charge >= 0.3 is 5.97 Å². The first-order chi connectivity index (χ1) is 14.5. The van der Waals surface area contributed by atoms with Gasteiger partial charge in [-0.25, -0.2) is 0 Å². The molecule has 3 aromatic carbocycles. The summed E-state index contributed by atoms with van der Waals surface area (Å²) in [6, 6.07) is 25.6. The van der Waals surface area contributed by atoms with Crippen LogP contribution in [0.5, 0.6) is 0 Å². The summed E-state index contributed by atoms with van der Waals surface area (Å²) in [5.74, 6) is -1.08. The highest BCUT2D eigenvalue weighted by Gasteiger charge is 2.48. The van der Waals surface area contributed by atoms with Crippen molar-refractivity contribution < 1.29 is 14.6 Å². The molecular formula is C25H21NO3S. The van der Waals surface area contributed by atoms with Gasteiger partial charge in [0.1, 0.15) is 6.04 Å². The average Bonchev–Trinajstić information content (AvgIpc) is 3.32. The van der Waals surface area contributed by atoms with Crippen LogP contribution in [-0.2, 0) is 15.1 Å². The fourth-order valence-electron chi connectivity index (χ4n) is 4.35. The van der Waals surface area contributed by atoms with Crippen LogP contribution in [-0.4, -0.2) is 23.2 Å². The molecule has 150 valence electrons. The van der Waals surface area contributed by atoms with Crippen LogP contribution in [0.2, 0.25) is 0 Å². The highest BCUT2D eigenvalue weighted by Crippen LogP contribution is 2.55. The van der Waals surface area contributed by atoms with E-state index in [1.807, 2.05) is 36.4 Å². The van der Waals surface area contributed by atoms with Gasteiger partial charge in [-0.15, -0.1) is 11.3 Å². The summed E-state index contributed by atoms with van der Waals surface area (Å²) in [5.41, 5.74) is 9.29. The fourth-order valence-corrected chi connectivity index (χ4v) is 5.58. The molecule has 0 fully saturated rings. The molecule has 0 saturated carbocycles. The van der Waals surface area contributed by atoms with E-state index in [2.05, 4.69) is 42.5 Å². The Kier molecular flexibility index (Phi) is 4.47. The Labute approximate surface area is 178 Å². The van der Waals surface area contributed by atoms with Crippen LogP contribution >= 0.6 is 11.3 Å². The van der Waals surface area contributed by atoms with Crippen LogP contribution in [0.1, 0.15) is 22.9 Å². The van der Waals surface area contributed by atoms with Crippen molar-refractivity contribution in [2.24, 2.45) is 5.73 Å². The van der Waals surface area contributed by atoms with Crippen LogP contribution in [0.15, 0.2) is 78.9 Å². The molecule has 30 heavy (non-hydrogen) atoms. The third kappa shape index (κ3) is 2.70. The van der Waals surface area contributed by atoms with Gasteiger partial charge in [0, 0.05) is 20.7 Å². The number of rotatable bonds is 5. The van der Waals surface area contributed by atoms with Gasteiger partial charge in [-0.3, -0.25) is 4.79 Å². The lowest BCUT2D eigenvalue weighted by atomic mass is 9.88. The molecule has 1 heterocycles. The van der Waals surface area contributed by atoms with Crippen LogP contribution in [0, 0.1) is 0 Å². The van der Waals surface area contributed by atoms with E-state index in [4.69, 9.17) is 10.5 Å². The number of fused-ring (bicyclic) bond motifs is 4. The number of thiophene rings is 1. The Morgan fingerprint density at radius 3 is 2.13 bits per heavy atom. The van der Waals surface area contributed by atoms with Crippen LogP contribution < -0.4 is 5.73 Å². The largest absolute Gasteiger partial charge is 0.480 e. The molecule has 0 bridgehead atoms. The summed E-state index contributed by atoms with van der Waals surface area (Å²) >= 11 is 1.67. The maximum absolute atomic E-state index is 11.6. The second-order valence-electron chi connectivity index (χ2n) is 7.61. The standard InChI is InChI=1S/C25H21NO3S/c1-15(23(26)24(27)28)29-25(22-14-16-8-2-7-13-21(16)30-22)19-11-5-3-9-17(19)18-10-4-6-12-20(18)25/h2-15,23H,26H2,1H3,(H,27,28)/t15-,23+/m1/s1. The molecule has 4 nitrogen and oxygen atoms in total. The quantitative estimate of drug-likeness (QED) is 0.482. The molecule has 1 aliphatic rings. The molecule has 4 aromatic rings. The lowest BCUT2D eigenvalue weighted by molar-refractivity contribution is -0.144. The van der Waals surface area contributed by atoms with E-state index < -0.39 is 23.7 Å². The second kappa shape index (κ2) is 7.06. The number of carboxylic acids is 1. The maximum atomic E-state index is 11.6. The molecule has 5 heteroatoms. The molecule has 0 spiro atoms. The third-order valence-electron chi connectivity index (χ3n) is 5.83. The van der Waals surface area contributed by atoms with Crippen molar-refractivity contribution in [1.82, 2.24) is 0 Å². The van der Waals surface area contributed by atoms with E-state index in [1.54, 1.807) is 18.3 Å². The molecule has 2 atom stereocenters. The predicted molar refractivity (Wildman–Crippen MR) is 120 cm³/mol. The molecule has 0 aliphatic heterocycles. The number of hydrogen-bond acceptors (Lipinski definition) is 4. The topological polar surface area (TPSA) is 72.5 Å². The van der Waals surface area contributed by atoms with E-state index in [1.165, 1.54) is 0 Å². The minimum Gasteiger partial charge on any atom is -0.480 e. The van der Waals surface area contributed by atoms with Gasteiger partial charge in [-0.05, 0) is 35.6 Å². The molecular weight excluding hydrogens is 394 g/mol. The van der Waals surface area contributed by atoms with Gasteiger partial charge in [0.15, 0.2) is 5.60 Å². The van der Waals surface area contributed by atoms with Gasteiger partial charge in [-0.1, -0.05) is 66.7 Å².